The molecule has 198 valence electrons. The molecule has 2 heterocycles. The minimum atomic E-state index is -0.924. The number of hydrogen-bond donors (Lipinski definition) is 0. The Morgan fingerprint density at radius 1 is 0.775 bits per heavy atom. The van der Waals surface area contributed by atoms with E-state index < -0.39 is 12.1 Å². The van der Waals surface area contributed by atoms with Crippen molar-refractivity contribution in [3.63, 3.8) is 0 Å². The molecular formula is C34H29N3O3. The van der Waals surface area contributed by atoms with Gasteiger partial charge in [0.1, 0.15) is 0 Å². The van der Waals surface area contributed by atoms with Crippen molar-refractivity contribution >= 4 is 28.6 Å². The maximum Gasteiger partial charge on any atom is 0.338 e. The Bertz CT molecular complexity index is 1740. The largest absolute Gasteiger partial charge is 0.449 e. The first kappa shape index (κ1) is 25.4. The standard InChI is InChI=1S/C34H29N3O3/c1-21-8-12-25(13-9-21)31-32(26-14-10-22(2)11-15-26)36-29-20-27(16-17-28(29)35-31)34(39)40-23(3)33(38)37-19-18-24-6-4-5-7-30(24)37/h4-17,20,23H,18-19H2,1-3H3. The fourth-order valence-corrected chi connectivity index (χ4v) is 5.07. The summed E-state index contributed by atoms with van der Waals surface area (Å²) in [6, 6.07) is 29.3. The Kier molecular flexibility index (Phi) is 6.60. The van der Waals surface area contributed by atoms with Crippen molar-refractivity contribution in [1.29, 1.82) is 0 Å². The number of aromatic nitrogens is 2. The van der Waals surface area contributed by atoms with Gasteiger partial charge in [-0.3, -0.25) is 4.79 Å². The topological polar surface area (TPSA) is 72.4 Å². The summed E-state index contributed by atoms with van der Waals surface area (Å²) in [4.78, 5) is 37.9. The highest BCUT2D eigenvalue weighted by Gasteiger charge is 2.30. The molecule has 0 radical (unpaired) electrons. The van der Waals surface area contributed by atoms with Gasteiger partial charge in [-0.1, -0.05) is 77.9 Å². The van der Waals surface area contributed by atoms with Crippen LogP contribution in [0.4, 0.5) is 5.69 Å². The van der Waals surface area contributed by atoms with E-state index in [1.165, 1.54) is 5.56 Å². The molecule has 5 aromatic rings. The van der Waals surface area contributed by atoms with Gasteiger partial charge in [-0.05, 0) is 57.0 Å². The van der Waals surface area contributed by atoms with E-state index >= 15 is 0 Å². The van der Waals surface area contributed by atoms with Gasteiger partial charge in [0.2, 0.25) is 0 Å². The number of anilines is 1. The Hall–Kier alpha value is -4.84. The molecule has 40 heavy (non-hydrogen) atoms. The van der Waals surface area contributed by atoms with Crippen molar-refractivity contribution in [2.75, 3.05) is 11.4 Å². The van der Waals surface area contributed by atoms with Crippen LogP contribution in [0.25, 0.3) is 33.5 Å². The fourth-order valence-electron chi connectivity index (χ4n) is 5.07. The van der Waals surface area contributed by atoms with Gasteiger partial charge >= 0.3 is 5.97 Å². The van der Waals surface area contributed by atoms with E-state index in [0.29, 0.717) is 23.1 Å². The Morgan fingerprint density at radius 2 is 1.38 bits per heavy atom. The van der Waals surface area contributed by atoms with E-state index in [-0.39, 0.29) is 5.91 Å². The summed E-state index contributed by atoms with van der Waals surface area (Å²) in [6.45, 7) is 6.29. The minimum Gasteiger partial charge on any atom is -0.449 e. The first-order valence-electron chi connectivity index (χ1n) is 13.4. The van der Waals surface area contributed by atoms with Gasteiger partial charge in [0.15, 0.2) is 6.10 Å². The molecule has 6 rings (SSSR count). The summed E-state index contributed by atoms with van der Waals surface area (Å²) in [5.41, 5.74) is 9.30. The number of hydrogen-bond acceptors (Lipinski definition) is 5. The number of fused-ring (bicyclic) bond motifs is 2. The molecule has 0 N–H and O–H groups in total. The van der Waals surface area contributed by atoms with Crippen LogP contribution in [-0.2, 0) is 16.0 Å². The van der Waals surface area contributed by atoms with Crippen molar-refractivity contribution in [3.05, 3.63) is 113 Å². The van der Waals surface area contributed by atoms with E-state index in [9.17, 15) is 9.59 Å². The van der Waals surface area contributed by atoms with Crippen molar-refractivity contribution in [2.45, 2.75) is 33.3 Å². The van der Waals surface area contributed by atoms with Gasteiger partial charge < -0.3 is 9.64 Å². The molecule has 0 fully saturated rings. The number of ether oxygens (including phenoxy) is 1. The van der Waals surface area contributed by atoms with E-state index in [1.54, 1.807) is 30.0 Å². The van der Waals surface area contributed by atoms with Crippen LogP contribution in [0, 0.1) is 13.8 Å². The SMILES string of the molecule is Cc1ccc(-c2nc3ccc(C(=O)OC(C)C(=O)N4CCc5ccccc54)cc3nc2-c2ccc(C)cc2)cc1. The lowest BCUT2D eigenvalue weighted by molar-refractivity contribution is -0.126. The van der Waals surface area contributed by atoms with Crippen LogP contribution < -0.4 is 4.90 Å². The molecule has 0 bridgehead atoms. The molecule has 4 aromatic carbocycles. The average Bonchev–Trinajstić information content (AvgIpc) is 3.41. The van der Waals surface area contributed by atoms with Crippen LogP contribution in [0.3, 0.4) is 0 Å². The first-order valence-corrected chi connectivity index (χ1v) is 13.4. The summed E-state index contributed by atoms with van der Waals surface area (Å²) >= 11 is 0. The maximum atomic E-state index is 13.1. The number of para-hydroxylation sites is 1. The summed E-state index contributed by atoms with van der Waals surface area (Å²) in [7, 11) is 0. The van der Waals surface area contributed by atoms with Crippen LogP contribution in [0.2, 0.25) is 0 Å². The van der Waals surface area contributed by atoms with Gasteiger partial charge in [-0.2, -0.15) is 0 Å². The molecule has 1 aliphatic rings. The third kappa shape index (κ3) is 4.84. The predicted molar refractivity (Wildman–Crippen MR) is 157 cm³/mol. The Morgan fingerprint density at radius 3 is 2.02 bits per heavy atom. The number of esters is 1. The highest BCUT2D eigenvalue weighted by atomic mass is 16.5. The van der Waals surface area contributed by atoms with Crippen molar-refractivity contribution in [1.82, 2.24) is 9.97 Å². The first-order chi connectivity index (χ1) is 19.4. The maximum absolute atomic E-state index is 13.1. The lowest BCUT2D eigenvalue weighted by atomic mass is 10.0. The molecule has 0 spiro atoms. The van der Waals surface area contributed by atoms with Crippen LogP contribution in [0.5, 0.6) is 0 Å². The highest BCUT2D eigenvalue weighted by Crippen LogP contribution is 2.32. The van der Waals surface area contributed by atoms with Crippen LogP contribution >= 0.6 is 0 Å². The van der Waals surface area contributed by atoms with Crippen LogP contribution in [0.15, 0.2) is 91.0 Å². The summed E-state index contributed by atoms with van der Waals surface area (Å²) in [5, 5.41) is 0. The van der Waals surface area contributed by atoms with Crippen LogP contribution in [0.1, 0.15) is 34.0 Å². The smallest absolute Gasteiger partial charge is 0.338 e. The zero-order chi connectivity index (χ0) is 27.8. The molecule has 1 aliphatic heterocycles. The van der Waals surface area contributed by atoms with Crippen molar-refractivity contribution in [2.24, 2.45) is 0 Å². The number of benzene rings is 4. The number of carbonyl (C=O) groups excluding carboxylic acids is 2. The van der Waals surface area contributed by atoms with Crippen molar-refractivity contribution < 1.29 is 14.3 Å². The molecule has 1 aromatic heterocycles. The molecule has 1 unspecified atom stereocenters. The molecule has 0 saturated carbocycles. The molecule has 0 aliphatic carbocycles. The van der Waals surface area contributed by atoms with Gasteiger partial charge in [-0.25, -0.2) is 14.8 Å². The lowest BCUT2D eigenvalue weighted by Gasteiger charge is -2.21. The van der Waals surface area contributed by atoms with E-state index in [1.807, 2.05) is 67.6 Å². The van der Waals surface area contributed by atoms with E-state index in [2.05, 4.69) is 19.1 Å². The second-order valence-corrected chi connectivity index (χ2v) is 10.3. The third-order valence-electron chi connectivity index (χ3n) is 7.33. The predicted octanol–water partition coefficient (Wildman–Crippen LogP) is 6.72. The second kappa shape index (κ2) is 10.4. The van der Waals surface area contributed by atoms with Crippen LogP contribution in [-0.4, -0.2) is 34.5 Å². The highest BCUT2D eigenvalue weighted by molar-refractivity contribution is 6.01. The van der Waals surface area contributed by atoms with Gasteiger partial charge in [-0.15, -0.1) is 0 Å². The zero-order valence-corrected chi connectivity index (χ0v) is 22.7. The molecule has 6 heteroatoms. The third-order valence-corrected chi connectivity index (χ3v) is 7.33. The normalized spacial score (nSPS) is 13.2. The Labute approximate surface area is 233 Å². The number of nitrogens with zero attached hydrogens (tertiary/aromatic N) is 3. The quantitative estimate of drug-likeness (QED) is 0.237. The number of amides is 1. The zero-order valence-electron chi connectivity index (χ0n) is 22.7. The fraction of sp³-hybridized carbons (Fsp3) is 0.176. The summed E-state index contributed by atoms with van der Waals surface area (Å²) in [6.07, 6.45) is -0.132. The molecular weight excluding hydrogens is 498 g/mol. The van der Waals surface area contributed by atoms with Gasteiger partial charge in [0.25, 0.3) is 5.91 Å². The number of carbonyl (C=O) groups is 2. The summed E-state index contributed by atoms with van der Waals surface area (Å²) < 4.78 is 5.63. The molecule has 1 atom stereocenters. The minimum absolute atomic E-state index is 0.233. The average molecular weight is 528 g/mol. The Balaban J connectivity index is 1.31. The monoisotopic (exact) mass is 527 g/mol. The molecule has 6 nitrogen and oxygen atoms in total. The second-order valence-electron chi connectivity index (χ2n) is 10.3. The van der Waals surface area contributed by atoms with E-state index in [4.69, 9.17) is 14.7 Å². The van der Waals surface area contributed by atoms with Crippen molar-refractivity contribution in [3.8, 4) is 22.5 Å². The van der Waals surface area contributed by atoms with Gasteiger partial charge in [0, 0.05) is 23.4 Å². The van der Waals surface area contributed by atoms with E-state index in [0.717, 1.165) is 45.7 Å². The van der Waals surface area contributed by atoms with Gasteiger partial charge in [0.05, 0.1) is 28.0 Å². The number of rotatable bonds is 5. The summed E-state index contributed by atoms with van der Waals surface area (Å²) in [5.74, 6) is -0.806. The molecule has 1 amide bonds. The number of aryl methyl sites for hydroxylation is 2. The lowest BCUT2D eigenvalue weighted by Crippen LogP contribution is -2.39. The molecule has 0 saturated heterocycles.